The van der Waals surface area contributed by atoms with Crippen molar-refractivity contribution in [2.75, 3.05) is 24.9 Å². The van der Waals surface area contributed by atoms with Crippen LogP contribution in [0.15, 0.2) is 156 Å². The zero-order chi connectivity index (χ0) is 34.5. The van der Waals surface area contributed by atoms with Crippen LogP contribution in [0.2, 0.25) is 0 Å². The molecular formula is C42H32N4O4. The number of rotatable bonds is 8. The lowest BCUT2D eigenvalue weighted by atomic mass is 10.0. The molecule has 2 amide bonds. The van der Waals surface area contributed by atoms with E-state index in [9.17, 15) is 9.59 Å². The van der Waals surface area contributed by atoms with Gasteiger partial charge in [0.2, 0.25) is 0 Å². The average molecular weight is 657 g/mol. The first-order valence-corrected chi connectivity index (χ1v) is 16.0. The monoisotopic (exact) mass is 656 g/mol. The van der Waals surface area contributed by atoms with E-state index in [2.05, 4.69) is 10.6 Å². The minimum atomic E-state index is -0.250. The molecule has 0 aliphatic carbocycles. The van der Waals surface area contributed by atoms with Crippen molar-refractivity contribution in [3.8, 4) is 11.5 Å². The fourth-order valence-corrected chi connectivity index (χ4v) is 5.69. The first kappa shape index (κ1) is 31.8. The Balaban J connectivity index is 1.39. The largest absolute Gasteiger partial charge is 0.497 e. The maximum Gasteiger partial charge on any atom is 0.255 e. The van der Waals surface area contributed by atoms with Gasteiger partial charge in [0.25, 0.3) is 11.8 Å². The molecule has 0 spiro atoms. The third-order valence-corrected chi connectivity index (χ3v) is 8.28. The van der Waals surface area contributed by atoms with Gasteiger partial charge in [-0.2, -0.15) is 0 Å². The molecule has 6 aromatic rings. The Morgan fingerprint density at radius 1 is 0.480 bits per heavy atom. The van der Waals surface area contributed by atoms with Crippen LogP contribution in [0, 0.1) is 0 Å². The summed E-state index contributed by atoms with van der Waals surface area (Å²) in [5.41, 5.74) is 5.35. The fourth-order valence-electron chi connectivity index (χ4n) is 5.69. The summed E-state index contributed by atoms with van der Waals surface area (Å²) in [5.74, 6) is 0.843. The van der Waals surface area contributed by atoms with Crippen molar-refractivity contribution in [3.05, 3.63) is 189 Å². The van der Waals surface area contributed by atoms with Crippen LogP contribution < -0.4 is 41.3 Å². The summed E-state index contributed by atoms with van der Waals surface area (Å²) >= 11 is 0. The van der Waals surface area contributed by atoms with Crippen molar-refractivity contribution < 1.29 is 19.1 Å². The molecule has 0 atom stereocenters. The molecule has 0 fully saturated rings. The van der Waals surface area contributed by atoms with Gasteiger partial charge < -0.3 is 20.1 Å². The SMILES string of the molecule is COc1ccc(C(=O)Nc2ccc3/c(c2)=C(c2ccccc2)\N=c2/ccc(NC(=O)c4ccc(OC)cc4)c/c2=C(c2ccccc2)/N=3)cc1. The standard InChI is InChI=1S/C42H32N4O4/c1-49-33-19-13-29(14-20-33)41(47)43-31-17-23-37-35(25-31)39(27-9-5-3-6-10-27)46-38-24-18-32(44-42(48)30-15-21-34(50-2)22-16-30)26-36(38)40(45-37)28-11-7-4-8-12-28/h3-26H,1-2H3,(H,43,47)(H,44,48)/b39-35-,40-36-,45-37+,45-40?,46-38+,46-39?. The van der Waals surface area contributed by atoms with Gasteiger partial charge in [0.1, 0.15) is 11.5 Å². The van der Waals surface area contributed by atoms with E-state index < -0.39 is 0 Å². The highest BCUT2D eigenvalue weighted by molar-refractivity contribution is 6.05. The van der Waals surface area contributed by atoms with Crippen molar-refractivity contribution in [2.45, 2.75) is 0 Å². The number of hydrogen-bond donors (Lipinski definition) is 2. The highest BCUT2D eigenvalue weighted by Gasteiger charge is 2.14. The molecule has 0 aromatic heterocycles. The molecule has 50 heavy (non-hydrogen) atoms. The normalized spacial score (nSPS) is 15.3. The van der Waals surface area contributed by atoms with E-state index in [4.69, 9.17) is 19.5 Å². The molecule has 8 nitrogen and oxygen atoms in total. The van der Waals surface area contributed by atoms with Gasteiger partial charge in [-0.05, 0) is 84.9 Å². The van der Waals surface area contributed by atoms with E-state index in [0.29, 0.717) is 56.1 Å². The molecule has 0 saturated carbocycles. The number of ether oxygens (including phenoxy) is 2. The van der Waals surface area contributed by atoms with Gasteiger partial charge in [-0.1, -0.05) is 60.7 Å². The summed E-state index contributed by atoms with van der Waals surface area (Å²) in [5, 5.41) is 8.91. The molecule has 244 valence electrons. The molecule has 8 heteroatoms. The lowest BCUT2D eigenvalue weighted by Gasteiger charge is -2.12. The number of anilines is 2. The summed E-state index contributed by atoms with van der Waals surface area (Å²) < 4.78 is 10.5. The number of nitrogens with one attached hydrogen (secondary N) is 2. The topological polar surface area (TPSA) is 101 Å². The van der Waals surface area contributed by atoms with Crippen molar-refractivity contribution in [1.29, 1.82) is 0 Å². The number of carbonyl (C=O) groups excluding carboxylic acids is 2. The van der Waals surface area contributed by atoms with Gasteiger partial charge in [0.15, 0.2) is 0 Å². The molecular weight excluding hydrogens is 624 g/mol. The third-order valence-electron chi connectivity index (χ3n) is 8.28. The predicted molar refractivity (Wildman–Crippen MR) is 194 cm³/mol. The minimum absolute atomic E-state index is 0.250. The van der Waals surface area contributed by atoms with E-state index >= 15 is 0 Å². The Kier molecular flexibility index (Phi) is 8.98. The maximum atomic E-state index is 13.2. The Bertz CT molecular complexity index is 2290. The predicted octanol–water partition coefficient (Wildman–Crippen LogP) is 5.47. The van der Waals surface area contributed by atoms with E-state index in [1.54, 1.807) is 62.8 Å². The van der Waals surface area contributed by atoms with Gasteiger partial charge in [-0.3, -0.25) is 9.59 Å². The van der Waals surface area contributed by atoms with Gasteiger partial charge >= 0.3 is 0 Å². The smallest absolute Gasteiger partial charge is 0.255 e. The minimum Gasteiger partial charge on any atom is -0.497 e. The van der Waals surface area contributed by atoms with Crippen LogP contribution in [-0.2, 0) is 0 Å². The Labute approximate surface area is 288 Å². The van der Waals surface area contributed by atoms with E-state index in [0.717, 1.165) is 21.6 Å². The highest BCUT2D eigenvalue weighted by Crippen LogP contribution is 2.18. The molecule has 7 rings (SSSR count). The first-order chi connectivity index (χ1) is 24.5. The van der Waals surface area contributed by atoms with Crippen molar-refractivity contribution in [1.82, 2.24) is 0 Å². The summed E-state index contributed by atoms with van der Waals surface area (Å²) in [6.07, 6.45) is 0. The molecule has 2 N–H and O–H groups in total. The molecule has 0 bridgehead atoms. The molecule has 1 heterocycles. The number of carbonyl (C=O) groups is 2. The van der Waals surface area contributed by atoms with Gasteiger partial charge in [-0.25, -0.2) is 9.98 Å². The zero-order valence-corrected chi connectivity index (χ0v) is 27.4. The van der Waals surface area contributed by atoms with Crippen LogP contribution in [0.4, 0.5) is 11.4 Å². The van der Waals surface area contributed by atoms with Gasteiger partial charge in [0.05, 0.1) is 36.3 Å². The number of hydrogen-bond acceptors (Lipinski definition) is 6. The second-order valence-corrected chi connectivity index (χ2v) is 11.5. The van der Waals surface area contributed by atoms with E-state index in [1.165, 1.54) is 0 Å². The Hall–Kier alpha value is -6.80. The van der Waals surface area contributed by atoms with Crippen LogP contribution in [0.5, 0.6) is 11.5 Å². The van der Waals surface area contributed by atoms with Gasteiger partial charge in [0, 0.05) is 44.1 Å². The number of fused-ring (bicyclic) bond motifs is 2. The molecule has 1 aliphatic rings. The second-order valence-electron chi connectivity index (χ2n) is 11.5. The number of amides is 2. The summed E-state index contributed by atoms with van der Waals surface area (Å²) in [6, 6.07) is 44.9. The fraction of sp³-hybridized carbons (Fsp3) is 0.0476. The van der Waals surface area contributed by atoms with Crippen molar-refractivity contribution in [2.24, 2.45) is 9.98 Å². The maximum absolute atomic E-state index is 13.2. The molecule has 0 radical (unpaired) electrons. The van der Waals surface area contributed by atoms with Crippen molar-refractivity contribution >= 4 is 34.6 Å². The lowest BCUT2D eigenvalue weighted by molar-refractivity contribution is 0.101. The molecule has 1 aliphatic heterocycles. The highest BCUT2D eigenvalue weighted by atomic mass is 16.5. The van der Waals surface area contributed by atoms with Crippen molar-refractivity contribution in [3.63, 3.8) is 0 Å². The zero-order valence-electron chi connectivity index (χ0n) is 27.4. The van der Waals surface area contributed by atoms with Crippen LogP contribution in [0.3, 0.4) is 0 Å². The first-order valence-electron chi connectivity index (χ1n) is 16.0. The number of nitrogens with zero attached hydrogens (tertiary/aromatic N) is 2. The van der Waals surface area contributed by atoms with E-state index in [1.807, 2.05) is 97.1 Å². The summed E-state index contributed by atoms with van der Waals surface area (Å²) in [4.78, 5) is 37.0. The Morgan fingerprint density at radius 3 is 1.22 bits per heavy atom. The molecule has 6 aromatic carbocycles. The number of benzene rings is 6. The lowest BCUT2D eigenvalue weighted by Crippen LogP contribution is -2.35. The third kappa shape index (κ3) is 6.77. The van der Waals surface area contributed by atoms with Gasteiger partial charge in [-0.15, -0.1) is 0 Å². The number of methoxy groups -OCH3 is 2. The Morgan fingerprint density at radius 2 is 0.860 bits per heavy atom. The quantitative estimate of drug-likeness (QED) is 0.227. The summed E-state index contributed by atoms with van der Waals surface area (Å²) in [7, 11) is 3.17. The van der Waals surface area contributed by atoms with Crippen LogP contribution in [0.1, 0.15) is 31.8 Å². The molecule has 0 saturated heterocycles. The average Bonchev–Trinajstić information content (AvgIpc) is 3.17. The second kappa shape index (κ2) is 14.1. The molecule has 0 unspecified atom stereocenters. The van der Waals surface area contributed by atoms with Crippen LogP contribution in [0.25, 0.3) is 11.4 Å². The van der Waals surface area contributed by atoms with E-state index in [-0.39, 0.29) is 11.8 Å². The van der Waals surface area contributed by atoms with Crippen LogP contribution in [-0.4, -0.2) is 26.0 Å². The summed E-state index contributed by atoms with van der Waals surface area (Å²) in [6.45, 7) is 0. The van der Waals surface area contributed by atoms with Crippen LogP contribution >= 0.6 is 0 Å².